The van der Waals surface area contributed by atoms with Gasteiger partial charge in [0.25, 0.3) is 0 Å². The fourth-order valence-corrected chi connectivity index (χ4v) is 1.46. The second-order valence-electron chi connectivity index (χ2n) is 4.02. The van der Waals surface area contributed by atoms with E-state index >= 15 is 0 Å². The maximum Gasteiger partial charge on any atom is 0.323 e. The van der Waals surface area contributed by atoms with Crippen LogP contribution in [0.2, 0.25) is 0 Å². The minimum atomic E-state index is -1.15. The molecule has 1 aromatic rings. The van der Waals surface area contributed by atoms with E-state index in [0.29, 0.717) is 11.3 Å². The Labute approximate surface area is 116 Å². The van der Waals surface area contributed by atoms with Crippen LogP contribution in [0.15, 0.2) is 24.3 Å². The van der Waals surface area contributed by atoms with Crippen LogP contribution in [-0.2, 0) is 4.79 Å². The van der Waals surface area contributed by atoms with Crippen molar-refractivity contribution in [3.05, 3.63) is 29.8 Å². The molecule has 0 bridgehead atoms. The number of anilines is 1. The molecule has 0 unspecified atom stereocenters. The number of urea groups is 1. The van der Waals surface area contributed by atoms with Gasteiger partial charge in [-0.1, -0.05) is 5.92 Å². The third-order valence-corrected chi connectivity index (χ3v) is 2.44. The van der Waals surface area contributed by atoms with Crippen LogP contribution < -0.4 is 5.32 Å². The van der Waals surface area contributed by atoms with Crippen molar-refractivity contribution in [3.8, 4) is 12.3 Å². The van der Waals surface area contributed by atoms with Crippen LogP contribution in [0, 0.1) is 12.3 Å². The Bertz CT molecular complexity index is 558. The highest BCUT2D eigenvalue weighted by atomic mass is 16.4. The zero-order chi connectivity index (χ0) is 15.1. The number of nitrogens with one attached hydrogen (secondary N) is 1. The largest absolute Gasteiger partial charge is 0.480 e. The molecule has 2 amide bonds. The number of Topliss-reactive ketones (excluding diaryl/α,β-unsaturated/α-hetero) is 1. The van der Waals surface area contributed by atoms with Gasteiger partial charge in [0.2, 0.25) is 0 Å². The lowest BCUT2D eigenvalue weighted by Crippen LogP contribution is -2.39. The Morgan fingerprint density at radius 2 is 1.90 bits per heavy atom. The average molecular weight is 274 g/mol. The minimum Gasteiger partial charge on any atom is -0.480 e. The number of carbonyl (C=O) groups is 3. The number of benzene rings is 1. The summed E-state index contributed by atoms with van der Waals surface area (Å²) in [5, 5.41) is 11.2. The third kappa shape index (κ3) is 4.46. The summed E-state index contributed by atoms with van der Waals surface area (Å²) in [4.78, 5) is 34.6. The maximum absolute atomic E-state index is 11.8. The van der Waals surface area contributed by atoms with E-state index in [4.69, 9.17) is 11.5 Å². The molecule has 6 heteroatoms. The monoisotopic (exact) mass is 274 g/mol. The van der Waals surface area contributed by atoms with Crippen LogP contribution in [0.25, 0.3) is 0 Å². The number of carboxylic acid groups (broad SMARTS) is 1. The van der Waals surface area contributed by atoms with Gasteiger partial charge in [0, 0.05) is 11.3 Å². The number of terminal acetylenes is 1. The molecule has 0 radical (unpaired) electrons. The minimum absolute atomic E-state index is 0.0808. The van der Waals surface area contributed by atoms with Gasteiger partial charge in [0.1, 0.15) is 6.54 Å². The first-order valence-electron chi connectivity index (χ1n) is 5.76. The number of ketones is 1. The van der Waals surface area contributed by atoms with Gasteiger partial charge in [-0.3, -0.25) is 9.59 Å². The van der Waals surface area contributed by atoms with Gasteiger partial charge in [0.15, 0.2) is 5.78 Å². The van der Waals surface area contributed by atoms with Crippen molar-refractivity contribution < 1.29 is 19.5 Å². The van der Waals surface area contributed by atoms with Crippen LogP contribution in [0.5, 0.6) is 0 Å². The van der Waals surface area contributed by atoms with Crippen LogP contribution in [0.4, 0.5) is 10.5 Å². The molecule has 0 heterocycles. The molecule has 1 aromatic carbocycles. The molecule has 0 spiro atoms. The molecule has 0 aromatic heterocycles. The summed E-state index contributed by atoms with van der Waals surface area (Å²) in [6.45, 7) is 0.848. The van der Waals surface area contributed by atoms with Crippen molar-refractivity contribution >= 4 is 23.5 Å². The van der Waals surface area contributed by atoms with Crippen LogP contribution in [0.1, 0.15) is 17.3 Å². The van der Waals surface area contributed by atoms with E-state index in [1.807, 2.05) is 0 Å². The number of carboxylic acids is 1. The van der Waals surface area contributed by atoms with Crippen LogP contribution in [-0.4, -0.2) is 40.9 Å². The van der Waals surface area contributed by atoms with Crippen molar-refractivity contribution in [1.82, 2.24) is 4.90 Å². The Morgan fingerprint density at radius 3 is 2.35 bits per heavy atom. The average Bonchev–Trinajstić information content (AvgIpc) is 2.38. The molecule has 0 atom stereocenters. The van der Waals surface area contributed by atoms with Gasteiger partial charge < -0.3 is 15.3 Å². The number of carbonyl (C=O) groups excluding carboxylic acids is 2. The zero-order valence-corrected chi connectivity index (χ0v) is 10.9. The lowest BCUT2D eigenvalue weighted by molar-refractivity contribution is -0.137. The summed E-state index contributed by atoms with van der Waals surface area (Å²) in [6.07, 6.45) is 5.09. The Kier molecular flexibility index (Phi) is 5.30. The molecule has 0 aliphatic rings. The Balaban J connectivity index is 2.74. The molecular weight excluding hydrogens is 260 g/mol. The normalized spacial score (nSPS) is 9.40. The summed E-state index contributed by atoms with van der Waals surface area (Å²) in [7, 11) is 0. The first kappa shape index (κ1) is 15.2. The molecule has 0 fully saturated rings. The van der Waals surface area contributed by atoms with Gasteiger partial charge >= 0.3 is 12.0 Å². The first-order valence-corrected chi connectivity index (χ1v) is 5.76. The van der Waals surface area contributed by atoms with E-state index in [9.17, 15) is 14.4 Å². The highest BCUT2D eigenvalue weighted by molar-refractivity contribution is 5.95. The lowest BCUT2D eigenvalue weighted by Gasteiger charge is -2.18. The van der Waals surface area contributed by atoms with Gasteiger partial charge in [-0.25, -0.2) is 4.79 Å². The SMILES string of the molecule is C#CCN(CC(=O)O)C(=O)Nc1ccc(C(C)=O)cc1. The van der Waals surface area contributed by atoms with E-state index in [1.165, 1.54) is 6.92 Å². The van der Waals surface area contributed by atoms with E-state index < -0.39 is 18.5 Å². The summed E-state index contributed by atoms with van der Waals surface area (Å²) < 4.78 is 0. The van der Waals surface area contributed by atoms with Crippen molar-refractivity contribution in [2.24, 2.45) is 0 Å². The fourth-order valence-electron chi connectivity index (χ4n) is 1.46. The second kappa shape index (κ2) is 6.95. The van der Waals surface area contributed by atoms with Gasteiger partial charge in [-0.15, -0.1) is 6.42 Å². The zero-order valence-electron chi connectivity index (χ0n) is 10.9. The van der Waals surface area contributed by atoms with Gasteiger partial charge in [-0.05, 0) is 31.2 Å². The molecule has 1 rings (SSSR count). The molecule has 0 saturated heterocycles. The fraction of sp³-hybridized carbons (Fsp3) is 0.214. The summed E-state index contributed by atoms with van der Waals surface area (Å²) in [5.41, 5.74) is 0.974. The molecular formula is C14H14N2O4. The summed E-state index contributed by atoms with van der Waals surface area (Å²) >= 11 is 0. The topological polar surface area (TPSA) is 86.7 Å². The number of hydrogen-bond acceptors (Lipinski definition) is 3. The van der Waals surface area contributed by atoms with E-state index in [2.05, 4.69) is 11.2 Å². The molecule has 104 valence electrons. The van der Waals surface area contributed by atoms with Gasteiger partial charge in [-0.2, -0.15) is 0 Å². The Hall–Kier alpha value is -2.81. The van der Waals surface area contributed by atoms with E-state index in [1.54, 1.807) is 24.3 Å². The van der Waals surface area contributed by atoms with Gasteiger partial charge in [0.05, 0.1) is 6.54 Å². The second-order valence-corrected chi connectivity index (χ2v) is 4.02. The predicted octanol–water partition coefficient (Wildman–Crippen LogP) is 1.44. The molecule has 0 aliphatic carbocycles. The van der Waals surface area contributed by atoms with Crippen molar-refractivity contribution in [2.45, 2.75) is 6.92 Å². The number of nitrogens with zero attached hydrogens (tertiary/aromatic N) is 1. The maximum atomic E-state index is 11.8. The van der Waals surface area contributed by atoms with Crippen LogP contribution >= 0.6 is 0 Å². The standard InChI is InChI=1S/C14H14N2O4/c1-3-8-16(9-13(18)19)14(20)15-12-6-4-11(5-7-12)10(2)17/h1,4-7H,8-9H2,2H3,(H,15,20)(H,18,19). The molecule has 0 aliphatic heterocycles. The van der Waals surface area contributed by atoms with Crippen molar-refractivity contribution in [2.75, 3.05) is 18.4 Å². The first-order chi connectivity index (χ1) is 9.43. The van der Waals surface area contributed by atoms with E-state index in [0.717, 1.165) is 4.90 Å². The van der Waals surface area contributed by atoms with Crippen LogP contribution in [0.3, 0.4) is 0 Å². The number of amides is 2. The number of aliphatic carboxylic acids is 1. The van der Waals surface area contributed by atoms with Crippen molar-refractivity contribution in [3.63, 3.8) is 0 Å². The lowest BCUT2D eigenvalue weighted by atomic mass is 10.1. The summed E-state index contributed by atoms with van der Waals surface area (Å²) in [6, 6.07) is 5.65. The molecule has 0 saturated carbocycles. The quantitative estimate of drug-likeness (QED) is 0.628. The van der Waals surface area contributed by atoms with E-state index in [-0.39, 0.29) is 12.3 Å². The highest BCUT2D eigenvalue weighted by Gasteiger charge is 2.15. The molecule has 6 nitrogen and oxygen atoms in total. The summed E-state index contributed by atoms with van der Waals surface area (Å²) in [5.74, 6) is 0.990. The highest BCUT2D eigenvalue weighted by Crippen LogP contribution is 2.10. The smallest absolute Gasteiger partial charge is 0.323 e. The van der Waals surface area contributed by atoms with Crippen molar-refractivity contribution in [1.29, 1.82) is 0 Å². The predicted molar refractivity (Wildman–Crippen MR) is 73.5 cm³/mol. The molecule has 2 N–H and O–H groups in total. The third-order valence-electron chi connectivity index (χ3n) is 2.44. The number of rotatable bonds is 5. The Morgan fingerprint density at radius 1 is 1.30 bits per heavy atom. The number of hydrogen-bond donors (Lipinski definition) is 2. The molecule has 20 heavy (non-hydrogen) atoms.